The molecular weight excluding hydrogens is 474 g/mol. The summed E-state index contributed by atoms with van der Waals surface area (Å²) in [6.07, 6.45) is 2.95. The van der Waals surface area contributed by atoms with Crippen molar-refractivity contribution >= 4 is 27.5 Å². The van der Waals surface area contributed by atoms with Gasteiger partial charge in [-0.2, -0.15) is 0 Å². The molecule has 8 heteroatoms. The van der Waals surface area contributed by atoms with Gasteiger partial charge in [-0.25, -0.2) is 8.42 Å². The molecule has 2 aromatic carbocycles. The average molecular weight is 516 g/mol. The van der Waals surface area contributed by atoms with Gasteiger partial charge in [0.25, 0.3) is 0 Å². The number of nitrogens with one attached hydrogen (secondary N) is 1. The molecule has 198 valence electrons. The quantitative estimate of drug-likeness (QED) is 0.423. The molecule has 0 bridgehead atoms. The van der Waals surface area contributed by atoms with Crippen molar-refractivity contribution in [1.82, 2.24) is 10.2 Å². The van der Waals surface area contributed by atoms with Crippen LogP contribution in [0.3, 0.4) is 0 Å². The summed E-state index contributed by atoms with van der Waals surface area (Å²) in [5, 5.41) is 3.01. The van der Waals surface area contributed by atoms with Crippen molar-refractivity contribution in [2.24, 2.45) is 0 Å². The number of hydrogen-bond acceptors (Lipinski definition) is 4. The summed E-state index contributed by atoms with van der Waals surface area (Å²) in [5.41, 5.74) is 3.39. The second kappa shape index (κ2) is 13.4. The molecule has 0 saturated heterocycles. The number of anilines is 1. The fourth-order valence-electron chi connectivity index (χ4n) is 4.11. The van der Waals surface area contributed by atoms with Crippen molar-refractivity contribution in [3.8, 4) is 0 Å². The highest BCUT2D eigenvalue weighted by Crippen LogP contribution is 2.25. The highest BCUT2D eigenvalue weighted by atomic mass is 32.2. The lowest BCUT2D eigenvalue weighted by molar-refractivity contribution is -0.141. The van der Waals surface area contributed by atoms with E-state index in [9.17, 15) is 18.0 Å². The second-order valence-corrected chi connectivity index (χ2v) is 11.4. The zero-order valence-electron chi connectivity index (χ0n) is 22.5. The first-order valence-electron chi connectivity index (χ1n) is 12.7. The largest absolute Gasteiger partial charge is 0.352 e. The first-order chi connectivity index (χ1) is 17.0. The maximum atomic E-state index is 13.5. The molecule has 2 rings (SSSR count). The van der Waals surface area contributed by atoms with E-state index < -0.39 is 16.1 Å². The number of aryl methyl sites for hydroxylation is 2. The molecule has 0 aromatic heterocycles. The lowest BCUT2D eigenvalue weighted by Crippen LogP contribution is -2.50. The Morgan fingerprint density at radius 2 is 1.67 bits per heavy atom. The number of amides is 2. The number of nitrogens with zero attached hydrogens (tertiary/aromatic N) is 2. The summed E-state index contributed by atoms with van der Waals surface area (Å²) in [5.74, 6) is -0.330. The molecule has 1 N–H and O–H groups in total. The number of rotatable bonds is 13. The van der Waals surface area contributed by atoms with E-state index in [4.69, 9.17) is 0 Å². The summed E-state index contributed by atoms with van der Waals surface area (Å²) < 4.78 is 26.6. The molecule has 0 aliphatic rings. The molecular formula is C28H41N3O4S. The van der Waals surface area contributed by atoms with Crippen molar-refractivity contribution < 1.29 is 18.0 Å². The fourth-order valence-corrected chi connectivity index (χ4v) is 5.13. The van der Waals surface area contributed by atoms with E-state index in [2.05, 4.69) is 5.32 Å². The molecule has 7 nitrogen and oxygen atoms in total. The van der Waals surface area contributed by atoms with Gasteiger partial charge in [-0.15, -0.1) is 0 Å². The summed E-state index contributed by atoms with van der Waals surface area (Å²) in [6.45, 7) is 10.1. The number of benzene rings is 2. The van der Waals surface area contributed by atoms with E-state index in [1.54, 1.807) is 4.90 Å². The zero-order valence-corrected chi connectivity index (χ0v) is 23.3. The van der Waals surface area contributed by atoms with Crippen LogP contribution < -0.4 is 9.62 Å². The Labute approximate surface area is 216 Å². The Kier molecular flexibility index (Phi) is 11.0. The molecule has 0 heterocycles. The van der Waals surface area contributed by atoms with Crippen LogP contribution in [0.5, 0.6) is 0 Å². The Bertz CT molecular complexity index is 1120. The Morgan fingerprint density at radius 3 is 2.25 bits per heavy atom. The van der Waals surface area contributed by atoms with Gasteiger partial charge in [0.15, 0.2) is 0 Å². The van der Waals surface area contributed by atoms with Crippen LogP contribution in [0.25, 0.3) is 0 Å². The van der Waals surface area contributed by atoms with Crippen molar-refractivity contribution in [3.05, 3.63) is 65.2 Å². The molecule has 0 unspecified atom stereocenters. The number of carbonyl (C=O) groups is 2. The maximum Gasteiger partial charge on any atom is 0.243 e. The van der Waals surface area contributed by atoms with Gasteiger partial charge >= 0.3 is 0 Å². The highest BCUT2D eigenvalue weighted by Gasteiger charge is 2.29. The highest BCUT2D eigenvalue weighted by molar-refractivity contribution is 7.92. The van der Waals surface area contributed by atoms with Crippen molar-refractivity contribution in [3.63, 3.8) is 0 Å². The van der Waals surface area contributed by atoms with Crippen LogP contribution in [0.2, 0.25) is 0 Å². The smallest absolute Gasteiger partial charge is 0.243 e. The monoisotopic (exact) mass is 515 g/mol. The molecule has 0 fully saturated rings. The van der Waals surface area contributed by atoms with Crippen molar-refractivity contribution in [2.75, 3.05) is 17.1 Å². The molecule has 0 saturated carbocycles. The molecule has 0 spiro atoms. The predicted molar refractivity (Wildman–Crippen MR) is 146 cm³/mol. The third-order valence-electron chi connectivity index (χ3n) is 6.37. The van der Waals surface area contributed by atoms with Crippen molar-refractivity contribution in [2.45, 2.75) is 78.9 Å². The van der Waals surface area contributed by atoms with Crippen LogP contribution in [0.1, 0.15) is 63.1 Å². The Morgan fingerprint density at radius 1 is 1.00 bits per heavy atom. The average Bonchev–Trinajstić information content (AvgIpc) is 2.83. The van der Waals surface area contributed by atoms with E-state index in [1.807, 2.05) is 83.1 Å². The minimum Gasteiger partial charge on any atom is -0.352 e. The molecule has 2 amide bonds. The molecule has 36 heavy (non-hydrogen) atoms. The SMILES string of the molecule is CC[C@@H](C)NC(=O)[C@@H](CC)N(Cc1ccccc1)C(=O)CCCN(c1cc(C)ccc1C)S(C)(=O)=O. The Balaban J connectivity index is 2.23. The van der Waals surface area contributed by atoms with Crippen LogP contribution >= 0.6 is 0 Å². The molecule has 0 aliphatic heterocycles. The van der Waals surface area contributed by atoms with E-state index in [-0.39, 0.29) is 30.8 Å². The van der Waals surface area contributed by atoms with Gasteiger partial charge in [-0.3, -0.25) is 13.9 Å². The molecule has 0 aliphatic carbocycles. The summed E-state index contributed by atoms with van der Waals surface area (Å²) in [7, 11) is -3.53. The predicted octanol–water partition coefficient (Wildman–Crippen LogP) is 4.57. The second-order valence-electron chi connectivity index (χ2n) is 9.48. The van der Waals surface area contributed by atoms with E-state index in [1.165, 1.54) is 10.6 Å². The van der Waals surface area contributed by atoms with Crippen LogP contribution in [0.15, 0.2) is 48.5 Å². The topological polar surface area (TPSA) is 86.8 Å². The van der Waals surface area contributed by atoms with Crippen LogP contribution in [0, 0.1) is 13.8 Å². The number of sulfonamides is 1. The minimum absolute atomic E-state index is 0.0149. The van der Waals surface area contributed by atoms with Crippen LogP contribution in [0.4, 0.5) is 5.69 Å². The number of hydrogen-bond donors (Lipinski definition) is 1. The van der Waals surface area contributed by atoms with Crippen LogP contribution in [-0.2, 0) is 26.2 Å². The maximum absolute atomic E-state index is 13.5. The van der Waals surface area contributed by atoms with Gasteiger partial charge < -0.3 is 10.2 Å². The van der Waals surface area contributed by atoms with Gasteiger partial charge in [-0.1, -0.05) is 56.3 Å². The first kappa shape index (κ1) is 29.4. The summed E-state index contributed by atoms with van der Waals surface area (Å²) in [6, 6.07) is 14.7. The third-order valence-corrected chi connectivity index (χ3v) is 7.55. The fraction of sp³-hybridized carbons (Fsp3) is 0.500. The summed E-state index contributed by atoms with van der Waals surface area (Å²) in [4.78, 5) is 28.2. The lowest BCUT2D eigenvalue weighted by atomic mass is 10.1. The van der Waals surface area contributed by atoms with Crippen LogP contribution in [-0.4, -0.2) is 50.0 Å². The molecule has 2 atom stereocenters. The van der Waals surface area contributed by atoms with Gasteiger partial charge in [0, 0.05) is 25.6 Å². The van der Waals surface area contributed by atoms with Gasteiger partial charge in [0.1, 0.15) is 6.04 Å². The Hall–Kier alpha value is -2.87. The van der Waals surface area contributed by atoms with Crippen molar-refractivity contribution in [1.29, 1.82) is 0 Å². The molecule has 2 aromatic rings. The van der Waals surface area contributed by atoms with E-state index in [0.717, 1.165) is 23.1 Å². The van der Waals surface area contributed by atoms with E-state index >= 15 is 0 Å². The number of carbonyl (C=O) groups excluding carboxylic acids is 2. The minimum atomic E-state index is -3.53. The molecule has 0 radical (unpaired) electrons. The third kappa shape index (κ3) is 8.36. The van der Waals surface area contributed by atoms with Gasteiger partial charge in [0.05, 0.1) is 11.9 Å². The lowest BCUT2D eigenvalue weighted by Gasteiger charge is -2.32. The summed E-state index contributed by atoms with van der Waals surface area (Å²) >= 11 is 0. The van der Waals surface area contributed by atoms with Gasteiger partial charge in [-0.05, 0) is 62.8 Å². The zero-order chi connectivity index (χ0) is 26.9. The van der Waals surface area contributed by atoms with Gasteiger partial charge in [0.2, 0.25) is 21.8 Å². The van der Waals surface area contributed by atoms with E-state index in [0.29, 0.717) is 25.1 Å². The normalized spacial score (nSPS) is 13.1. The first-order valence-corrected chi connectivity index (χ1v) is 14.5. The standard InChI is InChI=1S/C28H41N3O4S/c1-7-23(5)29-28(33)25(8-2)30(20-24-13-10-9-11-14-24)27(32)15-12-18-31(36(6,34)35)26-19-21(3)16-17-22(26)4/h9-11,13-14,16-17,19,23,25H,7-8,12,15,18,20H2,1-6H3,(H,29,33)/t23-,25-/m1/s1.